The SMILES string of the molecule is CCC(CC)(CO)NC(=O)Cc1cccc(N)c1. The average Bonchev–Trinajstić information content (AvgIpc) is 2.36. The van der Waals surface area contributed by atoms with E-state index in [2.05, 4.69) is 5.32 Å². The summed E-state index contributed by atoms with van der Waals surface area (Å²) < 4.78 is 0. The number of benzene rings is 1. The summed E-state index contributed by atoms with van der Waals surface area (Å²) in [5.74, 6) is -0.0849. The number of carbonyl (C=O) groups is 1. The Balaban J connectivity index is 2.66. The molecule has 0 atom stereocenters. The number of hydrogen-bond acceptors (Lipinski definition) is 3. The van der Waals surface area contributed by atoms with E-state index in [1.807, 2.05) is 26.0 Å². The number of rotatable bonds is 6. The van der Waals surface area contributed by atoms with Crippen molar-refractivity contribution in [3.8, 4) is 0 Å². The summed E-state index contributed by atoms with van der Waals surface area (Å²) in [5.41, 5.74) is 6.70. The Morgan fingerprint density at radius 1 is 1.39 bits per heavy atom. The Kier molecular flexibility index (Phi) is 5.16. The highest BCUT2D eigenvalue weighted by Crippen LogP contribution is 2.15. The highest BCUT2D eigenvalue weighted by atomic mass is 16.3. The lowest BCUT2D eigenvalue weighted by molar-refractivity contribution is -0.123. The van der Waals surface area contributed by atoms with Crippen molar-refractivity contribution in [2.45, 2.75) is 38.6 Å². The molecule has 100 valence electrons. The molecule has 1 aromatic carbocycles. The minimum atomic E-state index is -0.503. The smallest absolute Gasteiger partial charge is 0.224 e. The van der Waals surface area contributed by atoms with Crippen LogP contribution in [-0.2, 0) is 11.2 Å². The van der Waals surface area contributed by atoms with Crippen LogP contribution in [0, 0.1) is 0 Å². The van der Waals surface area contributed by atoms with Crippen LogP contribution in [0.4, 0.5) is 5.69 Å². The third-order valence-electron chi connectivity index (χ3n) is 3.38. The average molecular weight is 250 g/mol. The first-order chi connectivity index (χ1) is 8.55. The Labute approximate surface area is 108 Å². The number of hydrogen-bond donors (Lipinski definition) is 3. The van der Waals surface area contributed by atoms with Crippen LogP contribution in [0.15, 0.2) is 24.3 Å². The van der Waals surface area contributed by atoms with Crippen molar-refractivity contribution < 1.29 is 9.90 Å². The fourth-order valence-corrected chi connectivity index (χ4v) is 1.92. The fraction of sp³-hybridized carbons (Fsp3) is 0.500. The zero-order valence-corrected chi connectivity index (χ0v) is 11.1. The van der Waals surface area contributed by atoms with Crippen molar-refractivity contribution >= 4 is 11.6 Å². The minimum absolute atomic E-state index is 0.0390. The van der Waals surface area contributed by atoms with E-state index in [1.54, 1.807) is 12.1 Å². The van der Waals surface area contributed by atoms with Gasteiger partial charge in [-0.1, -0.05) is 26.0 Å². The molecular weight excluding hydrogens is 228 g/mol. The van der Waals surface area contributed by atoms with Gasteiger partial charge in [-0.25, -0.2) is 0 Å². The lowest BCUT2D eigenvalue weighted by Crippen LogP contribution is -2.51. The first kappa shape index (κ1) is 14.5. The molecule has 0 saturated heterocycles. The van der Waals surface area contributed by atoms with E-state index in [-0.39, 0.29) is 18.9 Å². The molecular formula is C14H22N2O2. The molecule has 0 spiro atoms. The van der Waals surface area contributed by atoms with Gasteiger partial charge in [-0.3, -0.25) is 4.79 Å². The van der Waals surface area contributed by atoms with Gasteiger partial charge in [0.1, 0.15) is 0 Å². The van der Waals surface area contributed by atoms with E-state index in [9.17, 15) is 9.90 Å². The largest absolute Gasteiger partial charge is 0.399 e. The second-order valence-electron chi connectivity index (χ2n) is 4.62. The maximum atomic E-state index is 12.0. The molecule has 0 aliphatic carbocycles. The Hall–Kier alpha value is -1.55. The third kappa shape index (κ3) is 3.74. The van der Waals surface area contributed by atoms with Crippen LogP contribution in [0.5, 0.6) is 0 Å². The van der Waals surface area contributed by atoms with E-state index >= 15 is 0 Å². The van der Waals surface area contributed by atoms with Crippen LogP contribution >= 0.6 is 0 Å². The standard InChI is InChI=1S/C14H22N2O2/c1-3-14(4-2,10-17)16-13(18)9-11-6-5-7-12(15)8-11/h5-8,17H,3-4,9-10,15H2,1-2H3,(H,16,18). The van der Waals surface area contributed by atoms with Crippen molar-refractivity contribution in [1.82, 2.24) is 5.32 Å². The van der Waals surface area contributed by atoms with E-state index in [0.717, 1.165) is 5.56 Å². The van der Waals surface area contributed by atoms with Crippen LogP contribution < -0.4 is 11.1 Å². The molecule has 0 aliphatic heterocycles. The lowest BCUT2D eigenvalue weighted by Gasteiger charge is -2.30. The summed E-state index contributed by atoms with van der Waals surface area (Å²) in [6.45, 7) is 3.88. The summed E-state index contributed by atoms with van der Waals surface area (Å²) >= 11 is 0. The topological polar surface area (TPSA) is 75.3 Å². The Bertz CT molecular complexity index is 392. The predicted molar refractivity (Wildman–Crippen MR) is 73.1 cm³/mol. The van der Waals surface area contributed by atoms with Gasteiger partial charge in [0, 0.05) is 5.69 Å². The Morgan fingerprint density at radius 2 is 2.06 bits per heavy atom. The molecule has 0 fully saturated rings. The molecule has 0 saturated carbocycles. The van der Waals surface area contributed by atoms with Gasteiger partial charge >= 0.3 is 0 Å². The zero-order valence-electron chi connectivity index (χ0n) is 11.1. The highest BCUT2D eigenvalue weighted by molar-refractivity contribution is 5.79. The van der Waals surface area contributed by atoms with E-state index in [0.29, 0.717) is 18.5 Å². The normalized spacial score (nSPS) is 11.3. The number of aliphatic hydroxyl groups excluding tert-OH is 1. The van der Waals surface area contributed by atoms with Gasteiger partial charge in [0.2, 0.25) is 5.91 Å². The van der Waals surface area contributed by atoms with Crippen molar-refractivity contribution in [2.75, 3.05) is 12.3 Å². The Morgan fingerprint density at radius 3 is 2.56 bits per heavy atom. The molecule has 1 aromatic rings. The maximum absolute atomic E-state index is 12.0. The minimum Gasteiger partial charge on any atom is -0.399 e. The molecule has 0 aliphatic rings. The second-order valence-corrected chi connectivity index (χ2v) is 4.62. The summed E-state index contributed by atoms with van der Waals surface area (Å²) in [6.07, 6.45) is 1.71. The van der Waals surface area contributed by atoms with Gasteiger partial charge in [0.25, 0.3) is 0 Å². The fourth-order valence-electron chi connectivity index (χ4n) is 1.92. The molecule has 0 bridgehead atoms. The number of anilines is 1. The quantitative estimate of drug-likeness (QED) is 0.669. The molecule has 4 nitrogen and oxygen atoms in total. The van der Waals surface area contributed by atoms with Crippen molar-refractivity contribution in [2.24, 2.45) is 0 Å². The summed E-state index contributed by atoms with van der Waals surface area (Å²) in [7, 11) is 0. The van der Waals surface area contributed by atoms with Crippen LogP contribution in [-0.4, -0.2) is 23.2 Å². The van der Waals surface area contributed by atoms with Crippen molar-refractivity contribution in [1.29, 1.82) is 0 Å². The lowest BCUT2D eigenvalue weighted by atomic mass is 9.93. The molecule has 0 heterocycles. The second kappa shape index (κ2) is 6.40. The van der Waals surface area contributed by atoms with E-state index in [4.69, 9.17) is 5.73 Å². The van der Waals surface area contributed by atoms with Crippen molar-refractivity contribution in [3.05, 3.63) is 29.8 Å². The first-order valence-electron chi connectivity index (χ1n) is 6.31. The van der Waals surface area contributed by atoms with Crippen LogP contribution in [0.1, 0.15) is 32.3 Å². The number of amides is 1. The van der Waals surface area contributed by atoms with Gasteiger partial charge in [-0.05, 0) is 30.5 Å². The monoisotopic (exact) mass is 250 g/mol. The molecule has 0 unspecified atom stereocenters. The zero-order chi connectivity index (χ0) is 13.6. The molecule has 4 heteroatoms. The third-order valence-corrected chi connectivity index (χ3v) is 3.38. The summed E-state index contributed by atoms with van der Waals surface area (Å²) in [5, 5.41) is 12.3. The van der Waals surface area contributed by atoms with E-state index in [1.165, 1.54) is 0 Å². The summed E-state index contributed by atoms with van der Waals surface area (Å²) in [4.78, 5) is 12.0. The maximum Gasteiger partial charge on any atom is 0.224 e. The van der Waals surface area contributed by atoms with Crippen LogP contribution in [0.2, 0.25) is 0 Å². The first-order valence-corrected chi connectivity index (χ1v) is 6.31. The van der Waals surface area contributed by atoms with Gasteiger partial charge in [-0.15, -0.1) is 0 Å². The van der Waals surface area contributed by atoms with Gasteiger partial charge < -0.3 is 16.2 Å². The van der Waals surface area contributed by atoms with Gasteiger partial charge in [0.05, 0.1) is 18.6 Å². The number of nitrogen functional groups attached to an aromatic ring is 1. The number of nitrogens with two attached hydrogens (primary N) is 1. The van der Waals surface area contributed by atoms with Crippen LogP contribution in [0.25, 0.3) is 0 Å². The molecule has 0 aromatic heterocycles. The predicted octanol–water partition coefficient (Wildman–Crippen LogP) is 1.48. The number of carbonyl (C=O) groups excluding carboxylic acids is 1. The summed E-state index contributed by atoms with van der Waals surface area (Å²) in [6, 6.07) is 7.28. The molecule has 0 radical (unpaired) electrons. The van der Waals surface area contributed by atoms with E-state index < -0.39 is 5.54 Å². The molecule has 4 N–H and O–H groups in total. The molecule has 18 heavy (non-hydrogen) atoms. The van der Waals surface area contributed by atoms with Crippen LogP contribution in [0.3, 0.4) is 0 Å². The number of nitrogens with one attached hydrogen (secondary N) is 1. The van der Waals surface area contributed by atoms with Gasteiger partial charge in [-0.2, -0.15) is 0 Å². The van der Waals surface area contributed by atoms with Gasteiger partial charge in [0.15, 0.2) is 0 Å². The molecule has 1 amide bonds. The van der Waals surface area contributed by atoms with Crippen molar-refractivity contribution in [3.63, 3.8) is 0 Å². The highest BCUT2D eigenvalue weighted by Gasteiger charge is 2.26. The number of aliphatic hydroxyl groups is 1. The molecule has 1 rings (SSSR count).